The first-order chi connectivity index (χ1) is 10.0. The van der Waals surface area contributed by atoms with E-state index >= 15 is 0 Å². The molecule has 1 fully saturated rings. The van der Waals surface area contributed by atoms with E-state index in [-0.39, 0.29) is 23.2 Å². The molecule has 1 heterocycles. The smallest absolute Gasteiger partial charge is 0.251 e. The lowest BCUT2D eigenvalue weighted by molar-refractivity contribution is 0.0963. The van der Waals surface area contributed by atoms with Crippen LogP contribution in [0, 0.1) is 5.92 Å². The van der Waals surface area contributed by atoms with E-state index in [9.17, 15) is 13.2 Å². The van der Waals surface area contributed by atoms with Gasteiger partial charge in [-0.05, 0) is 56.1 Å². The Hall–Kier alpha value is -1.15. The van der Waals surface area contributed by atoms with Gasteiger partial charge in [0, 0.05) is 19.2 Å². The van der Waals surface area contributed by atoms with Crippen LogP contribution in [-0.4, -0.2) is 41.0 Å². The van der Waals surface area contributed by atoms with Crippen molar-refractivity contribution in [3.05, 3.63) is 29.8 Å². The van der Waals surface area contributed by atoms with Crippen LogP contribution in [0.5, 0.6) is 0 Å². The van der Waals surface area contributed by atoms with E-state index in [1.165, 1.54) is 31.3 Å². The van der Waals surface area contributed by atoms with Crippen LogP contribution in [0.3, 0.4) is 0 Å². The summed E-state index contributed by atoms with van der Waals surface area (Å²) in [5.41, 5.74) is 0.438. The Kier molecular flexibility index (Phi) is 7.28. The molecule has 8 heteroatoms. The number of benzene rings is 1. The van der Waals surface area contributed by atoms with E-state index in [1.807, 2.05) is 0 Å². The van der Waals surface area contributed by atoms with E-state index in [0.717, 1.165) is 25.9 Å². The molecule has 1 aliphatic rings. The van der Waals surface area contributed by atoms with Crippen molar-refractivity contribution in [2.75, 3.05) is 26.7 Å². The van der Waals surface area contributed by atoms with Gasteiger partial charge in [0.25, 0.3) is 5.91 Å². The minimum Gasteiger partial charge on any atom is -0.355 e. The molecule has 0 aliphatic carbocycles. The third-order valence-corrected chi connectivity index (χ3v) is 5.14. The van der Waals surface area contributed by atoms with E-state index in [2.05, 4.69) is 15.4 Å². The molecule has 0 bridgehead atoms. The summed E-state index contributed by atoms with van der Waals surface area (Å²) in [5, 5.41) is 5.75. The van der Waals surface area contributed by atoms with Crippen LogP contribution in [0.2, 0.25) is 0 Å². The molecule has 1 saturated heterocycles. The molecule has 124 valence electrons. The highest BCUT2D eigenvalue weighted by atomic mass is 35.5. The molecule has 3 N–H and O–H groups in total. The Morgan fingerprint density at radius 3 is 2.55 bits per heavy atom. The summed E-state index contributed by atoms with van der Waals surface area (Å²) in [6.07, 6.45) is 1.94. The fraction of sp³-hybridized carbons (Fsp3) is 0.500. The first kappa shape index (κ1) is 18.9. The molecular formula is C14H22ClN3O3S. The molecular weight excluding hydrogens is 326 g/mol. The molecule has 1 aliphatic heterocycles. The second-order valence-corrected chi connectivity index (χ2v) is 6.92. The van der Waals surface area contributed by atoms with Crippen molar-refractivity contribution in [3.63, 3.8) is 0 Å². The molecule has 1 amide bonds. The molecule has 2 rings (SSSR count). The largest absolute Gasteiger partial charge is 0.355 e. The summed E-state index contributed by atoms with van der Waals surface area (Å²) in [6.45, 7) is 2.41. The average molecular weight is 348 g/mol. The molecule has 1 aromatic rings. The monoisotopic (exact) mass is 347 g/mol. The number of hydrogen-bond donors (Lipinski definition) is 3. The molecule has 6 nitrogen and oxygen atoms in total. The first-order valence-electron chi connectivity index (χ1n) is 7.05. The summed E-state index contributed by atoms with van der Waals surface area (Å²) in [7, 11) is -1.97. The molecule has 1 atom stereocenters. The van der Waals surface area contributed by atoms with Crippen LogP contribution in [0.15, 0.2) is 29.2 Å². The standard InChI is InChI=1S/C14H21N3O3S.ClH/c1-15-14(18)12-2-4-13(5-3-12)21(19,20)17-9-7-11-6-8-16-10-11;/h2-5,11,16-17H,6-10H2,1H3,(H,15,18);1H. The predicted octanol–water partition coefficient (Wildman–Crippen LogP) is 0.746. The summed E-state index contributed by atoms with van der Waals surface area (Å²) in [4.78, 5) is 11.6. The molecule has 0 spiro atoms. The van der Waals surface area contributed by atoms with Crippen LogP contribution in [0.4, 0.5) is 0 Å². The zero-order valence-electron chi connectivity index (χ0n) is 12.5. The Morgan fingerprint density at radius 1 is 1.32 bits per heavy atom. The van der Waals surface area contributed by atoms with Crippen molar-refractivity contribution in [3.8, 4) is 0 Å². The van der Waals surface area contributed by atoms with Gasteiger partial charge >= 0.3 is 0 Å². The van der Waals surface area contributed by atoms with Gasteiger partial charge in [-0.25, -0.2) is 13.1 Å². The van der Waals surface area contributed by atoms with Gasteiger partial charge in [0.15, 0.2) is 0 Å². The normalized spacial score (nSPS) is 17.8. The lowest BCUT2D eigenvalue weighted by Gasteiger charge is -2.10. The lowest BCUT2D eigenvalue weighted by Crippen LogP contribution is -2.26. The average Bonchev–Trinajstić information content (AvgIpc) is 2.99. The topological polar surface area (TPSA) is 87.3 Å². The second-order valence-electron chi connectivity index (χ2n) is 5.15. The van der Waals surface area contributed by atoms with Crippen molar-refractivity contribution in [1.29, 1.82) is 0 Å². The Morgan fingerprint density at radius 2 is 2.00 bits per heavy atom. The van der Waals surface area contributed by atoms with Crippen LogP contribution in [0.25, 0.3) is 0 Å². The first-order valence-corrected chi connectivity index (χ1v) is 8.54. The van der Waals surface area contributed by atoms with Crippen molar-refractivity contribution in [2.45, 2.75) is 17.7 Å². The summed E-state index contributed by atoms with van der Waals surface area (Å²) in [6, 6.07) is 5.91. The molecule has 1 unspecified atom stereocenters. The van der Waals surface area contributed by atoms with Crippen molar-refractivity contribution >= 4 is 28.3 Å². The van der Waals surface area contributed by atoms with Crippen molar-refractivity contribution in [1.82, 2.24) is 15.4 Å². The Labute approximate surface area is 137 Å². The summed E-state index contributed by atoms with van der Waals surface area (Å²) in [5.74, 6) is 0.309. The molecule has 0 radical (unpaired) electrons. The predicted molar refractivity (Wildman–Crippen MR) is 87.9 cm³/mol. The third kappa shape index (κ3) is 4.95. The van der Waals surface area contributed by atoms with Gasteiger partial charge in [0.2, 0.25) is 10.0 Å². The van der Waals surface area contributed by atoms with Gasteiger partial charge in [-0.2, -0.15) is 0 Å². The lowest BCUT2D eigenvalue weighted by atomic mass is 10.1. The zero-order valence-corrected chi connectivity index (χ0v) is 14.1. The van der Waals surface area contributed by atoms with Gasteiger partial charge < -0.3 is 10.6 Å². The minimum atomic E-state index is -3.50. The third-order valence-electron chi connectivity index (χ3n) is 3.66. The maximum atomic E-state index is 12.1. The van der Waals surface area contributed by atoms with Gasteiger partial charge in [0.1, 0.15) is 0 Å². The van der Waals surface area contributed by atoms with E-state index in [1.54, 1.807) is 0 Å². The number of carbonyl (C=O) groups is 1. The van der Waals surface area contributed by atoms with Crippen LogP contribution < -0.4 is 15.4 Å². The fourth-order valence-electron chi connectivity index (χ4n) is 2.37. The van der Waals surface area contributed by atoms with Gasteiger partial charge in [-0.3, -0.25) is 4.79 Å². The minimum absolute atomic E-state index is 0. The fourth-order valence-corrected chi connectivity index (χ4v) is 3.42. The number of sulfonamides is 1. The highest BCUT2D eigenvalue weighted by Crippen LogP contribution is 2.13. The van der Waals surface area contributed by atoms with E-state index in [0.29, 0.717) is 18.0 Å². The molecule has 0 aromatic heterocycles. The van der Waals surface area contributed by atoms with Crippen LogP contribution >= 0.6 is 12.4 Å². The molecule has 0 saturated carbocycles. The zero-order chi connectivity index (χ0) is 15.3. The second kappa shape index (κ2) is 8.47. The molecule has 1 aromatic carbocycles. The van der Waals surface area contributed by atoms with Crippen molar-refractivity contribution in [2.24, 2.45) is 5.92 Å². The molecule has 22 heavy (non-hydrogen) atoms. The SMILES string of the molecule is CNC(=O)c1ccc(S(=O)(=O)NCCC2CCNC2)cc1.Cl. The van der Waals surface area contributed by atoms with Crippen LogP contribution in [0.1, 0.15) is 23.2 Å². The Bertz CT molecular complexity index is 584. The number of halogens is 1. The Balaban J connectivity index is 0.00000242. The van der Waals surface area contributed by atoms with Crippen molar-refractivity contribution < 1.29 is 13.2 Å². The number of rotatable bonds is 6. The number of carbonyl (C=O) groups excluding carboxylic acids is 1. The summed E-state index contributed by atoms with van der Waals surface area (Å²) < 4.78 is 26.9. The quantitative estimate of drug-likeness (QED) is 0.708. The van der Waals surface area contributed by atoms with Gasteiger partial charge in [0.05, 0.1) is 4.90 Å². The highest BCUT2D eigenvalue weighted by molar-refractivity contribution is 7.89. The number of hydrogen-bond acceptors (Lipinski definition) is 4. The maximum absolute atomic E-state index is 12.1. The summed E-state index contributed by atoms with van der Waals surface area (Å²) >= 11 is 0. The number of nitrogens with one attached hydrogen (secondary N) is 3. The van der Waals surface area contributed by atoms with Crippen LogP contribution in [-0.2, 0) is 10.0 Å². The highest BCUT2D eigenvalue weighted by Gasteiger charge is 2.17. The van der Waals surface area contributed by atoms with E-state index in [4.69, 9.17) is 0 Å². The number of amides is 1. The van der Waals surface area contributed by atoms with E-state index < -0.39 is 10.0 Å². The van der Waals surface area contributed by atoms with Gasteiger partial charge in [-0.15, -0.1) is 12.4 Å². The van der Waals surface area contributed by atoms with Gasteiger partial charge in [-0.1, -0.05) is 0 Å². The maximum Gasteiger partial charge on any atom is 0.251 e.